The molecule has 0 saturated carbocycles. The van der Waals surface area contributed by atoms with E-state index in [-0.39, 0.29) is 175 Å². The maximum Gasteiger partial charge on any atom is 0.272 e. The minimum Gasteiger partial charge on any atom is -0.436 e. The van der Waals surface area contributed by atoms with Crippen LogP contribution < -0.4 is 5.32 Å². The van der Waals surface area contributed by atoms with Crippen LogP contribution in [-0.2, 0) is 168 Å². The van der Waals surface area contributed by atoms with Crippen molar-refractivity contribution in [2.75, 3.05) is 31.5 Å². The van der Waals surface area contributed by atoms with Crippen molar-refractivity contribution in [3.05, 3.63) is 84.7 Å². The van der Waals surface area contributed by atoms with Gasteiger partial charge >= 0.3 is 0 Å². The Morgan fingerprint density at radius 2 is 1.59 bits per heavy atom. The molecule has 5 radical (unpaired) electrons. The number of benzene rings is 2. The van der Waals surface area contributed by atoms with Gasteiger partial charge in [0.05, 0.1) is 0 Å². The Bertz CT molecular complexity index is 1350. The van der Waals surface area contributed by atoms with Crippen LogP contribution in [0, 0.1) is 6.54 Å². The number of hydrogen-bond donors (Lipinski definition) is 1. The van der Waals surface area contributed by atoms with E-state index in [1.165, 1.54) is 6.92 Å². The molecule has 0 unspecified atom stereocenters. The van der Waals surface area contributed by atoms with E-state index in [1.807, 2.05) is 23.1 Å². The molecule has 1 N–H and O–H groups in total. The van der Waals surface area contributed by atoms with E-state index in [4.69, 9.17) is 4.42 Å². The maximum atomic E-state index is 13.1. The Morgan fingerprint density at radius 3 is 2.26 bits per heavy atom. The molecule has 2 aromatic carbocycles. The number of rotatable bonds is 5. The van der Waals surface area contributed by atoms with Crippen LogP contribution in [0.2, 0.25) is 0 Å². The predicted octanol–water partition coefficient (Wildman–Crippen LogP) is 3.80. The molecule has 8 nitrogen and oxygen atoms in total. The fourth-order valence-corrected chi connectivity index (χ4v) is 3.98. The second-order valence-electron chi connectivity index (χ2n) is 8.18. The summed E-state index contributed by atoms with van der Waals surface area (Å²) in [4.78, 5) is 37.3. The Kier molecular flexibility index (Phi) is 20.3. The molecule has 2 amide bonds. The van der Waals surface area contributed by atoms with Gasteiger partial charge in [-0.3, -0.25) is 14.6 Å². The summed E-state index contributed by atoms with van der Waals surface area (Å²) in [6.07, 6.45) is 1.60. The first-order valence-corrected chi connectivity index (χ1v) is 11.1. The van der Waals surface area contributed by atoms with E-state index in [0.29, 0.717) is 47.0 Å². The minimum absolute atomic E-state index is 0. The van der Waals surface area contributed by atoms with E-state index in [9.17, 15) is 9.59 Å². The zero-order chi connectivity index (χ0) is 23.5. The van der Waals surface area contributed by atoms with Gasteiger partial charge in [-0.2, -0.15) is 17.7 Å². The normalized spacial score (nSPS) is 12.4. The first-order chi connectivity index (χ1) is 16.5. The summed E-state index contributed by atoms with van der Waals surface area (Å²) in [5.41, 5.74) is 4.05. The standard InChI is InChI=1S/C26H24N5O3.5Y/c1-18(32)28-21-7-8-24-22(16-21)29-25(34-24)20-9-10-27-23(15-20)26(33)31-13-11-30(12-14-31)17-19-5-3-2-4-6-19;;;;;/h2-10,15-17H,11-14H2,1H3,(H,28,32);;;;;/q-1;;;;;. The summed E-state index contributed by atoms with van der Waals surface area (Å²) >= 11 is 0. The molecule has 1 saturated heterocycles. The number of nitrogens with one attached hydrogen (secondary N) is 1. The number of aromatic nitrogens is 2. The average molecular weight is 899 g/mol. The molecular weight excluding hydrogens is 875 g/mol. The fourth-order valence-electron chi connectivity index (χ4n) is 3.98. The molecule has 39 heavy (non-hydrogen) atoms. The van der Waals surface area contributed by atoms with Gasteiger partial charge in [0.2, 0.25) is 11.8 Å². The maximum absolute atomic E-state index is 13.1. The van der Waals surface area contributed by atoms with Crippen LogP contribution in [0.5, 0.6) is 0 Å². The van der Waals surface area contributed by atoms with Crippen LogP contribution in [-0.4, -0.2) is 57.8 Å². The van der Waals surface area contributed by atoms with E-state index in [2.05, 4.69) is 38.9 Å². The Labute approximate surface area is 354 Å². The van der Waals surface area contributed by atoms with Crippen molar-refractivity contribution >= 4 is 28.6 Å². The summed E-state index contributed by atoms with van der Waals surface area (Å²) in [5.74, 6) is 0.137. The predicted molar refractivity (Wildman–Crippen MR) is 129 cm³/mol. The molecule has 1 aliphatic heterocycles. The smallest absolute Gasteiger partial charge is 0.272 e. The number of piperazine rings is 1. The molecule has 3 heterocycles. The van der Waals surface area contributed by atoms with Crippen LogP contribution >= 0.6 is 0 Å². The topological polar surface area (TPSA) is 91.6 Å². The van der Waals surface area contributed by atoms with Crippen LogP contribution in [0.15, 0.2) is 71.3 Å². The monoisotopic (exact) mass is 899 g/mol. The van der Waals surface area contributed by atoms with E-state index < -0.39 is 0 Å². The fraction of sp³-hybridized carbons (Fsp3) is 0.192. The molecule has 2 aromatic heterocycles. The molecule has 5 rings (SSSR count). The van der Waals surface area contributed by atoms with Crippen molar-refractivity contribution in [2.45, 2.75) is 6.92 Å². The number of carbonyl (C=O) groups is 2. The second kappa shape index (κ2) is 19.6. The molecule has 0 bridgehead atoms. The van der Waals surface area contributed by atoms with Gasteiger partial charge in [-0.15, -0.1) is 18.7 Å². The zero-order valence-electron chi connectivity index (χ0n) is 21.7. The van der Waals surface area contributed by atoms with Gasteiger partial charge in [0.25, 0.3) is 5.91 Å². The first kappa shape index (κ1) is 40.3. The number of pyridine rings is 1. The van der Waals surface area contributed by atoms with Crippen LogP contribution in [0.1, 0.15) is 23.0 Å². The van der Waals surface area contributed by atoms with Gasteiger partial charge in [-0.05, 0) is 30.3 Å². The summed E-state index contributed by atoms with van der Waals surface area (Å²) in [7, 11) is 0. The largest absolute Gasteiger partial charge is 0.436 e. The van der Waals surface area contributed by atoms with Gasteiger partial charge < -0.3 is 19.5 Å². The van der Waals surface area contributed by atoms with Gasteiger partial charge in [-0.25, -0.2) is 4.98 Å². The Balaban J connectivity index is 0.00000289. The summed E-state index contributed by atoms with van der Waals surface area (Å²) in [6, 6.07) is 18.9. The van der Waals surface area contributed by atoms with Crippen molar-refractivity contribution in [3.63, 3.8) is 0 Å². The zero-order valence-corrected chi connectivity index (χ0v) is 35.8. The van der Waals surface area contributed by atoms with Crippen molar-refractivity contribution in [1.82, 2.24) is 19.8 Å². The SMILES string of the molecule is CC(=O)Nc1ccc2oc(-c3ccnc(C(=O)N4CCN([CH-]c5ccccc5)CC4)c3)nc2c1.[Y].[Y].[Y].[Y].[Y]. The van der Waals surface area contributed by atoms with Gasteiger partial charge in [0.15, 0.2) is 5.58 Å². The van der Waals surface area contributed by atoms with E-state index in [1.54, 1.807) is 36.5 Å². The van der Waals surface area contributed by atoms with Crippen LogP contribution in [0.25, 0.3) is 22.6 Å². The molecule has 4 aromatic rings. The number of anilines is 1. The minimum atomic E-state index is -0.154. The van der Waals surface area contributed by atoms with Crippen molar-refractivity contribution in [1.29, 1.82) is 0 Å². The number of carbonyl (C=O) groups excluding carboxylic acids is 2. The first-order valence-electron chi connectivity index (χ1n) is 11.1. The molecule has 0 spiro atoms. The molecule has 0 aliphatic carbocycles. The van der Waals surface area contributed by atoms with Gasteiger partial charge in [0.1, 0.15) is 11.2 Å². The third-order valence-electron chi connectivity index (χ3n) is 5.67. The summed E-state index contributed by atoms with van der Waals surface area (Å²) < 4.78 is 5.88. The molecular formula is C26H24N5O3Y5-. The Morgan fingerprint density at radius 1 is 0.897 bits per heavy atom. The average Bonchev–Trinajstić information content (AvgIpc) is 3.28. The third-order valence-corrected chi connectivity index (χ3v) is 5.67. The summed E-state index contributed by atoms with van der Waals surface area (Å²) in [5, 5.41) is 2.74. The van der Waals surface area contributed by atoms with Crippen molar-refractivity contribution in [3.8, 4) is 11.5 Å². The number of fused-ring (bicyclic) bond motifs is 1. The Hall–Kier alpha value is 1.35. The van der Waals surface area contributed by atoms with Crippen molar-refractivity contribution in [2.24, 2.45) is 0 Å². The summed E-state index contributed by atoms with van der Waals surface area (Å²) in [6.45, 7) is 6.37. The van der Waals surface area contributed by atoms with E-state index in [0.717, 1.165) is 18.7 Å². The number of amides is 2. The molecule has 1 aliphatic rings. The number of nitrogens with zero attached hydrogens (tertiary/aromatic N) is 4. The van der Waals surface area contributed by atoms with Crippen molar-refractivity contribution < 1.29 is 178 Å². The number of oxazole rings is 1. The number of hydrogen-bond acceptors (Lipinski definition) is 6. The van der Waals surface area contributed by atoms with Crippen LogP contribution in [0.3, 0.4) is 0 Å². The third kappa shape index (κ3) is 11.1. The molecule has 1 fully saturated rings. The molecule has 187 valence electrons. The molecule has 0 atom stereocenters. The van der Waals surface area contributed by atoms with Gasteiger partial charge in [0, 0.05) is 214 Å². The van der Waals surface area contributed by atoms with E-state index >= 15 is 0 Å². The quantitative estimate of drug-likeness (QED) is 0.307. The second-order valence-corrected chi connectivity index (χ2v) is 8.18. The van der Waals surface area contributed by atoms with Crippen LogP contribution in [0.4, 0.5) is 5.69 Å². The van der Waals surface area contributed by atoms with Gasteiger partial charge in [-0.1, -0.05) is 6.07 Å². The molecule has 13 heteroatoms.